The lowest BCUT2D eigenvalue weighted by Crippen LogP contribution is -2.19. The SMILES string of the molecule is CCC(O)CNc1ccc(Cl)c(C(=O)O)n1. The van der Waals surface area contributed by atoms with E-state index in [1.807, 2.05) is 6.92 Å². The molecule has 0 aromatic carbocycles. The average molecular weight is 245 g/mol. The highest BCUT2D eigenvalue weighted by Gasteiger charge is 2.11. The van der Waals surface area contributed by atoms with Crippen molar-refractivity contribution in [2.45, 2.75) is 19.4 Å². The van der Waals surface area contributed by atoms with E-state index in [1.165, 1.54) is 6.07 Å². The van der Waals surface area contributed by atoms with E-state index in [0.29, 0.717) is 18.8 Å². The summed E-state index contributed by atoms with van der Waals surface area (Å²) in [5, 5.41) is 21.0. The third kappa shape index (κ3) is 3.36. The van der Waals surface area contributed by atoms with Crippen molar-refractivity contribution in [2.75, 3.05) is 11.9 Å². The van der Waals surface area contributed by atoms with Gasteiger partial charge >= 0.3 is 5.97 Å². The lowest BCUT2D eigenvalue weighted by Gasteiger charge is -2.10. The molecule has 1 aromatic heterocycles. The van der Waals surface area contributed by atoms with E-state index in [-0.39, 0.29) is 10.7 Å². The van der Waals surface area contributed by atoms with E-state index in [4.69, 9.17) is 16.7 Å². The van der Waals surface area contributed by atoms with Crippen LogP contribution >= 0.6 is 11.6 Å². The van der Waals surface area contributed by atoms with Crippen LogP contribution in [0, 0.1) is 0 Å². The van der Waals surface area contributed by atoms with Gasteiger partial charge in [0.2, 0.25) is 0 Å². The van der Waals surface area contributed by atoms with Gasteiger partial charge in [0.25, 0.3) is 0 Å². The molecular weight excluding hydrogens is 232 g/mol. The number of aromatic nitrogens is 1. The largest absolute Gasteiger partial charge is 0.476 e. The van der Waals surface area contributed by atoms with Crippen LogP contribution in [0.25, 0.3) is 0 Å². The summed E-state index contributed by atoms with van der Waals surface area (Å²) in [5.41, 5.74) is -0.197. The first-order valence-corrected chi connectivity index (χ1v) is 5.24. The van der Waals surface area contributed by atoms with E-state index in [1.54, 1.807) is 6.07 Å². The van der Waals surface area contributed by atoms with Crippen LogP contribution in [0.5, 0.6) is 0 Å². The van der Waals surface area contributed by atoms with Crippen molar-refractivity contribution in [1.29, 1.82) is 0 Å². The Hall–Kier alpha value is -1.33. The lowest BCUT2D eigenvalue weighted by molar-refractivity contribution is 0.0691. The second-order valence-electron chi connectivity index (χ2n) is 3.28. The maximum absolute atomic E-state index is 10.7. The van der Waals surface area contributed by atoms with E-state index in [0.717, 1.165) is 0 Å². The van der Waals surface area contributed by atoms with Crippen molar-refractivity contribution in [2.24, 2.45) is 0 Å². The van der Waals surface area contributed by atoms with E-state index < -0.39 is 12.1 Å². The molecule has 0 amide bonds. The molecule has 1 aromatic rings. The van der Waals surface area contributed by atoms with Gasteiger partial charge in [-0.25, -0.2) is 9.78 Å². The summed E-state index contributed by atoms with van der Waals surface area (Å²) in [6.07, 6.45) is 0.137. The Labute approximate surface area is 98.1 Å². The molecule has 0 spiro atoms. The molecule has 0 aliphatic rings. The quantitative estimate of drug-likeness (QED) is 0.733. The first-order chi connectivity index (χ1) is 7.54. The van der Waals surface area contributed by atoms with Crippen LogP contribution < -0.4 is 5.32 Å². The molecule has 6 heteroatoms. The first kappa shape index (κ1) is 12.7. The number of anilines is 1. The second-order valence-corrected chi connectivity index (χ2v) is 3.68. The molecule has 5 nitrogen and oxygen atoms in total. The van der Waals surface area contributed by atoms with Gasteiger partial charge in [0.05, 0.1) is 11.1 Å². The number of nitrogens with one attached hydrogen (secondary N) is 1. The average Bonchev–Trinajstić information content (AvgIpc) is 2.27. The maximum atomic E-state index is 10.7. The summed E-state index contributed by atoms with van der Waals surface area (Å²) in [6, 6.07) is 3.02. The van der Waals surface area contributed by atoms with E-state index in [2.05, 4.69) is 10.3 Å². The number of hydrogen-bond donors (Lipinski definition) is 3. The minimum Gasteiger partial charge on any atom is -0.476 e. The Bertz CT molecular complexity index is 384. The number of halogens is 1. The zero-order chi connectivity index (χ0) is 12.1. The van der Waals surface area contributed by atoms with Crippen molar-refractivity contribution in [3.63, 3.8) is 0 Å². The predicted octanol–water partition coefficient (Wildman–Crippen LogP) is 1.62. The third-order valence-electron chi connectivity index (χ3n) is 2.04. The van der Waals surface area contributed by atoms with Gasteiger partial charge in [-0.3, -0.25) is 0 Å². The van der Waals surface area contributed by atoms with E-state index in [9.17, 15) is 9.90 Å². The molecule has 0 fully saturated rings. The molecule has 0 aliphatic carbocycles. The van der Waals surface area contributed by atoms with Gasteiger partial charge in [-0.05, 0) is 18.6 Å². The minimum absolute atomic E-state index is 0.0917. The Morgan fingerprint density at radius 3 is 2.88 bits per heavy atom. The zero-order valence-electron chi connectivity index (χ0n) is 8.77. The fourth-order valence-electron chi connectivity index (χ4n) is 1.06. The van der Waals surface area contributed by atoms with Crippen LogP contribution in [0.2, 0.25) is 5.02 Å². The second kappa shape index (κ2) is 5.67. The van der Waals surface area contributed by atoms with Crippen LogP contribution in [-0.2, 0) is 0 Å². The van der Waals surface area contributed by atoms with Gasteiger partial charge in [-0.15, -0.1) is 0 Å². The Morgan fingerprint density at radius 2 is 2.31 bits per heavy atom. The number of nitrogens with zero attached hydrogens (tertiary/aromatic N) is 1. The van der Waals surface area contributed by atoms with Gasteiger partial charge in [0, 0.05) is 6.54 Å². The molecule has 0 saturated heterocycles. The number of aliphatic hydroxyl groups excluding tert-OH is 1. The molecule has 1 heterocycles. The van der Waals surface area contributed by atoms with Crippen LogP contribution in [-0.4, -0.2) is 33.8 Å². The summed E-state index contributed by atoms with van der Waals surface area (Å²) < 4.78 is 0. The summed E-state index contributed by atoms with van der Waals surface area (Å²) in [6.45, 7) is 2.18. The zero-order valence-corrected chi connectivity index (χ0v) is 9.53. The fourth-order valence-corrected chi connectivity index (χ4v) is 1.24. The normalized spacial score (nSPS) is 12.2. The van der Waals surface area contributed by atoms with Crippen molar-refractivity contribution in [3.8, 4) is 0 Å². The van der Waals surface area contributed by atoms with E-state index >= 15 is 0 Å². The molecule has 1 atom stereocenters. The highest BCUT2D eigenvalue weighted by Crippen LogP contribution is 2.16. The number of rotatable bonds is 5. The number of hydrogen-bond acceptors (Lipinski definition) is 4. The molecule has 1 unspecified atom stereocenters. The van der Waals surface area contributed by atoms with Gasteiger partial charge in [0.15, 0.2) is 5.69 Å². The molecule has 0 bridgehead atoms. The number of carboxylic acid groups (broad SMARTS) is 1. The summed E-state index contributed by atoms with van der Waals surface area (Å²) >= 11 is 5.66. The standard InChI is InChI=1S/C10H13ClN2O3/c1-2-6(14)5-12-8-4-3-7(11)9(13-8)10(15)16/h3-4,6,14H,2,5H2,1H3,(H,12,13)(H,15,16). The molecule has 0 radical (unpaired) electrons. The van der Waals surface area contributed by atoms with Gasteiger partial charge in [0.1, 0.15) is 5.82 Å². The number of aromatic carboxylic acids is 1. The fraction of sp³-hybridized carbons (Fsp3) is 0.400. The Kier molecular flexibility index (Phi) is 4.52. The topological polar surface area (TPSA) is 82.5 Å². The maximum Gasteiger partial charge on any atom is 0.356 e. The van der Waals surface area contributed by atoms with Crippen molar-refractivity contribution in [1.82, 2.24) is 4.98 Å². The minimum atomic E-state index is -1.18. The molecule has 3 N–H and O–H groups in total. The number of pyridine rings is 1. The van der Waals surface area contributed by atoms with Crippen molar-refractivity contribution in [3.05, 3.63) is 22.8 Å². The lowest BCUT2D eigenvalue weighted by atomic mass is 10.3. The molecule has 16 heavy (non-hydrogen) atoms. The van der Waals surface area contributed by atoms with Crippen LogP contribution in [0.4, 0.5) is 5.82 Å². The summed E-state index contributed by atoms with van der Waals surface area (Å²) in [5.74, 6) is -0.793. The Morgan fingerprint density at radius 1 is 1.62 bits per heavy atom. The molecule has 1 rings (SSSR count). The van der Waals surface area contributed by atoms with Gasteiger partial charge in [-0.2, -0.15) is 0 Å². The molecular formula is C10H13ClN2O3. The highest BCUT2D eigenvalue weighted by molar-refractivity contribution is 6.33. The first-order valence-electron chi connectivity index (χ1n) is 4.86. The molecule has 0 aliphatic heterocycles. The smallest absolute Gasteiger partial charge is 0.356 e. The van der Waals surface area contributed by atoms with Gasteiger partial charge < -0.3 is 15.5 Å². The summed E-state index contributed by atoms with van der Waals surface area (Å²) in [4.78, 5) is 14.6. The van der Waals surface area contributed by atoms with Crippen LogP contribution in [0.1, 0.15) is 23.8 Å². The predicted molar refractivity (Wildman–Crippen MR) is 61.0 cm³/mol. The third-order valence-corrected chi connectivity index (χ3v) is 2.34. The summed E-state index contributed by atoms with van der Waals surface area (Å²) in [7, 11) is 0. The highest BCUT2D eigenvalue weighted by atomic mass is 35.5. The number of carbonyl (C=O) groups is 1. The molecule has 0 saturated carbocycles. The monoisotopic (exact) mass is 244 g/mol. The number of aliphatic hydroxyl groups is 1. The Balaban J connectivity index is 2.75. The molecule has 88 valence electrons. The van der Waals surface area contributed by atoms with Crippen LogP contribution in [0.15, 0.2) is 12.1 Å². The van der Waals surface area contributed by atoms with Gasteiger partial charge in [-0.1, -0.05) is 18.5 Å². The van der Waals surface area contributed by atoms with Crippen LogP contribution in [0.3, 0.4) is 0 Å². The number of carboxylic acids is 1. The van der Waals surface area contributed by atoms with Crippen molar-refractivity contribution >= 4 is 23.4 Å². The van der Waals surface area contributed by atoms with Crippen molar-refractivity contribution < 1.29 is 15.0 Å².